The Labute approximate surface area is 105 Å². The van der Waals surface area contributed by atoms with Crippen molar-refractivity contribution in [1.82, 2.24) is 5.32 Å². The zero-order valence-electron chi connectivity index (χ0n) is 10.4. The van der Waals surface area contributed by atoms with E-state index in [1.165, 1.54) is 0 Å². The first-order valence-corrected chi connectivity index (χ1v) is 5.66. The topological polar surface area (TPSA) is 86.9 Å². The molecule has 0 aromatic heterocycles. The molecule has 1 atom stereocenters. The molecule has 2 rings (SSSR count). The summed E-state index contributed by atoms with van der Waals surface area (Å²) in [4.78, 5) is 22.6. The number of imide groups is 1. The molecule has 1 heterocycles. The van der Waals surface area contributed by atoms with Crippen molar-refractivity contribution in [2.75, 3.05) is 0 Å². The predicted molar refractivity (Wildman–Crippen MR) is 66.3 cm³/mol. The molecule has 0 bridgehead atoms. The van der Waals surface area contributed by atoms with Gasteiger partial charge in [-0.05, 0) is 31.5 Å². The van der Waals surface area contributed by atoms with Crippen LogP contribution in [0.2, 0.25) is 0 Å². The number of carbonyl (C=O) groups excluding carboxylic acids is 2. The number of hydrogen-bond acceptors (Lipinski definition) is 3. The molecule has 2 amide bonds. The van der Waals surface area contributed by atoms with E-state index in [1.54, 1.807) is 0 Å². The summed E-state index contributed by atoms with van der Waals surface area (Å²) in [5.41, 5.74) is 0.851. The van der Waals surface area contributed by atoms with Crippen molar-refractivity contribution in [1.29, 1.82) is 0 Å². The van der Waals surface area contributed by atoms with E-state index >= 15 is 0 Å². The van der Waals surface area contributed by atoms with E-state index in [1.807, 2.05) is 38.1 Å². The molecular formula is C13H17NO4. The molecule has 1 aliphatic rings. The third-order valence-corrected chi connectivity index (χ3v) is 2.62. The van der Waals surface area contributed by atoms with Crippen LogP contribution in [0, 0.1) is 0 Å². The molecule has 0 aliphatic carbocycles. The Kier molecular flexibility index (Phi) is 4.44. The normalized spacial score (nSPS) is 18.5. The van der Waals surface area contributed by atoms with Crippen molar-refractivity contribution in [2.45, 2.75) is 32.3 Å². The van der Waals surface area contributed by atoms with Gasteiger partial charge in [0.2, 0.25) is 11.8 Å². The fraction of sp³-hybridized carbons (Fsp3) is 0.385. The predicted octanol–water partition coefficient (Wildman–Crippen LogP) is 0.779. The molecule has 1 aromatic carbocycles. The second kappa shape index (κ2) is 5.64. The van der Waals surface area contributed by atoms with Gasteiger partial charge in [0.1, 0.15) is 5.75 Å². The van der Waals surface area contributed by atoms with Gasteiger partial charge in [0.25, 0.3) is 0 Å². The van der Waals surface area contributed by atoms with Crippen molar-refractivity contribution in [3.8, 4) is 5.75 Å². The lowest BCUT2D eigenvalue weighted by atomic mass is 9.98. The van der Waals surface area contributed by atoms with Crippen LogP contribution in [0.4, 0.5) is 0 Å². The minimum Gasteiger partial charge on any atom is -0.491 e. The third kappa shape index (κ3) is 3.07. The van der Waals surface area contributed by atoms with Crippen LogP contribution in [0.3, 0.4) is 0 Å². The largest absolute Gasteiger partial charge is 0.491 e. The van der Waals surface area contributed by atoms with E-state index in [0.717, 1.165) is 11.3 Å². The number of ether oxygens (including phenoxy) is 1. The molecule has 3 N–H and O–H groups in total. The Morgan fingerprint density at radius 3 is 2.28 bits per heavy atom. The highest BCUT2D eigenvalue weighted by Crippen LogP contribution is 2.26. The van der Waals surface area contributed by atoms with Crippen LogP contribution >= 0.6 is 0 Å². The van der Waals surface area contributed by atoms with Gasteiger partial charge in [-0.3, -0.25) is 14.9 Å². The molecule has 0 spiro atoms. The number of carbonyl (C=O) groups is 2. The second-order valence-electron chi connectivity index (χ2n) is 4.40. The van der Waals surface area contributed by atoms with Crippen molar-refractivity contribution in [3.63, 3.8) is 0 Å². The first kappa shape index (κ1) is 14.2. The van der Waals surface area contributed by atoms with Gasteiger partial charge < -0.3 is 10.2 Å². The second-order valence-corrected chi connectivity index (χ2v) is 4.40. The Bertz CT molecular complexity index is 439. The molecule has 98 valence electrons. The summed E-state index contributed by atoms with van der Waals surface area (Å²) in [5.74, 6) is -0.000818. The van der Waals surface area contributed by atoms with Crippen LogP contribution < -0.4 is 10.1 Å². The van der Waals surface area contributed by atoms with Crippen molar-refractivity contribution < 1.29 is 19.8 Å². The molecule has 5 heteroatoms. The van der Waals surface area contributed by atoms with Crippen molar-refractivity contribution >= 4 is 11.8 Å². The SMILES string of the molecule is CC(C)Oc1ccc(C2CC(=O)NC2=O)cc1.O. The maximum Gasteiger partial charge on any atom is 0.234 e. The Morgan fingerprint density at radius 2 is 1.83 bits per heavy atom. The van der Waals surface area contributed by atoms with E-state index in [9.17, 15) is 9.59 Å². The van der Waals surface area contributed by atoms with E-state index in [2.05, 4.69) is 5.32 Å². The zero-order valence-corrected chi connectivity index (χ0v) is 10.4. The fourth-order valence-corrected chi connectivity index (χ4v) is 1.87. The van der Waals surface area contributed by atoms with Gasteiger partial charge in [-0.2, -0.15) is 0 Å². The highest BCUT2D eigenvalue weighted by molar-refractivity contribution is 6.06. The smallest absolute Gasteiger partial charge is 0.234 e. The standard InChI is InChI=1S/C13H15NO3.H2O/c1-8(2)17-10-5-3-9(4-6-10)11-7-12(15)14-13(11)16;/h3-6,8,11H,7H2,1-2H3,(H,14,15,16);1H2. The molecule has 0 saturated carbocycles. The summed E-state index contributed by atoms with van der Waals surface area (Å²) in [5, 5.41) is 2.30. The summed E-state index contributed by atoms with van der Waals surface area (Å²) in [6, 6.07) is 7.32. The Balaban J connectivity index is 0.00000162. The molecule has 0 radical (unpaired) electrons. The van der Waals surface area contributed by atoms with Crippen LogP contribution in [0.5, 0.6) is 5.75 Å². The van der Waals surface area contributed by atoms with Crippen LogP contribution in [0.15, 0.2) is 24.3 Å². The number of nitrogens with one attached hydrogen (secondary N) is 1. The quantitative estimate of drug-likeness (QED) is 0.805. The molecule has 5 nitrogen and oxygen atoms in total. The van der Waals surface area contributed by atoms with Crippen LogP contribution in [0.1, 0.15) is 31.7 Å². The van der Waals surface area contributed by atoms with Gasteiger partial charge in [-0.1, -0.05) is 12.1 Å². The van der Waals surface area contributed by atoms with E-state index in [-0.39, 0.29) is 35.7 Å². The average molecular weight is 251 g/mol. The highest BCUT2D eigenvalue weighted by Gasteiger charge is 2.31. The van der Waals surface area contributed by atoms with Gasteiger partial charge in [-0.25, -0.2) is 0 Å². The van der Waals surface area contributed by atoms with Gasteiger partial charge in [-0.15, -0.1) is 0 Å². The minimum absolute atomic E-state index is 0. The summed E-state index contributed by atoms with van der Waals surface area (Å²) in [7, 11) is 0. The summed E-state index contributed by atoms with van der Waals surface area (Å²) >= 11 is 0. The summed E-state index contributed by atoms with van der Waals surface area (Å²) in [6.07, 6.45) is 0.362. The lowest BCUT2D eigenvalue weighted by Crippen LogP contribution is -2.21. The molecule has 1 fully saturated rings. The lowest BCUT2D eigenvalue weighted by Gasteiger charge is -2.11. The maximum atomic E-state index is 11.5. The first-order chi connectivity index (χ1) is 8.06. The molecule has 1 unspecified atom stereocenters. The van der Waals surface area contributed by atoms with Gasteiger partial charge in [0, 0.05) is 6.42 Å². The molecule has 18 heavy (non-hydrogen) atoms. The first-order valence-electron chi connectivity index (χ1n) is 5.66. The van der Waals surface area contributed by atoms with Gasteiger partial charge in [0.05, 0.1) is 12.0 Å². The molecule has 1 saturated heterocycles. The van der Waals surface area contributed by atoms with Crippen LogP contribution in [-0.2, 0) is 9.59 Å². The van der Waals surface area contributed by atoms with Gasteiger partial charge >= 0.3 is 0 Å². The Hall–Kier alpha value is -1.88. The van der Waals surface area contributed by atoms with E-state index in [0.29, 0.717) is 0 Å². The monoisotopic (exact) mass is 251 g/mol. The zero-order chi connectivity index (χ0) is 12.4. The minimum atomic E-state index is -0.351. The maximum absolute atomic E-state index is 11.5. The molecule has 1 aromatic rings. The third-order valence-electron chi connectivity index (χ3n) is 2.62. The lowest BCUT2D eigenvalue weighted by molar-refractivity contribution is -0.125. The molecule has 1 aliphatic heterocycles. The van der Waals surface area contributed by atoms with E-state index < -0.39 is 0 Å². The van der Waals surface area contributed by atoms with Crippen molar-refractivity contribution in [3.05, 3.63) is 29.8 Å². The number of amides is 2. The highest BCUT2D eigenvalue weighted by atomic mass is 16.5. The number of benzene rings is 1. The Morgan fingerprint density at radius 1 is 1.22 bits per heavy atom. The van der Waals surface area contributed by atoms with Crippen molar-refractivity contribution in [2.24, 2.45) is 0 Å². The number of hydrogen-bond donors (Lipinski definition) is 1. The summed E-state index contributed by atoms with van der Waals surface area (Å²) < 4.78 is 5.51. The summed E-state index contributed by atoms with van der Waals surface area (Å²) in [6.45, 7) is 3.91. The van der Waals surface area contributed by atoms with E-state index in [4.69, 9.17) is 4.74 Å². The average Bonchev–Trinajstić information content (AvgIpc) is 2.58. The van der Waals surface area contributed by atoms with Gasteiger partial charge in [0.15, 0.2) is 0 Å². The van der Waals surface area contributed by atoms with Crippen LogP contribution in [0.25, 0.3) is 0 Å². The fourth-order valence-electron chi connectivity index (χ4n) is 1.87. The molecular weight excluding hydrogens is 234 g/mol. The number of rotatable bonds is 3. The van der Waals surface area contributed by atoms with Crippen LogP contribution in [-0.4, -0.2) is 23.4 Å².